The number of benzene rings is 1. The molecule has 7 heteroatoms. The SMILES string of the molecule is C=C1c2ccccc2C(=O)N1CC(=O)NC(C)(COC)C(=O)O. The molecule has 1 heterocycles. The second-order valence-corrected chi connectivity index (χ2v) is 5.50. The van der Waals surface area contributed by atoms with Gasteiger partial charge in [0.05, 0.1) is 6.61 Å². The Kier molecular flexibility index (Phi) is 4.51. The summed E-state index contributed by atoms with van der Waals surface area (Å²) in [7, 11) is 1.34. The summed E-state index contributed by atoms with van der Waals surface area (Å²) >= 11 is 0. The smallest absolute Gasteiger partial charge is 0.331 e. The summed E-state index contributed by atoms with van der Waals surface area (Å²) in [6, 6.07) is 6.92. The average molecular weight is 318 g/mol. The van der Waals surface area contributed by atoms with E-state index in [9.17, 15) is 19.5 Å². The zero-order valence-corrected chi connectivity index (χ0v) is 13.0. The monoisotopic (exact) mass is 318 g/mol. The Balaban J connectivity index is 2.11. The fourth-order valence-electron chi connectivity index (χ4n) is 2.43. The lowest BCUT2D eigenvalue weighted by Crippen LogP contribution is -2.57. The minimum Gasteiger partial charge on any atom is -0.479 e. The number of amides is 2. The standard InChI is InChI=1S/C16H18N2O5/c1-10-11-6-4-5-7-12(11)14(20)18(10)8-13(19)17-16(2,9-23-3)15(21)22/h4-7H,1,8-9H2,2-3H3,(H,17,19)(H,21,22). The van der Waals surface area contributed by atoms with E-state index in [4.69, 9.17) is 4.74 Å². The van der Waals surface area contributed by atoms with E-state index < -0.39 is 17.4 Å². The zero-order chi connectivity index (χ0) is 17.2. The quantitative estimate of drug-likeness (QED) is 0.806. The molecular weight excluding hydrogens is 300 g/mol. The van der Waals surface area contributed by atoms with Gasteiger partial charge in [-0.25, -0.2) is 4.79 Å². The molecule has 1 aliphatic rings. The molecule has 0 saturated carbocycles. The van der Waals surface area contributed by atoms with Crippen LogP contribution >= 0.6 is 0 Å². The molecule has 2 N–H and O–H groups in total. The van der Waals surface area contributed by atoms with E-state index in [1.165, 1.54) is 18.9 Å². The lowest BCUT2D eigenvalue weighted by atomic mass is 10.0. The van der Waals surface area contributed by atoms with Crippen LogP contribution in [0.3, 0.4) is 0 Å². The minimum atomic E-state index is -1.57. The van der Waals surface area contributed by atoms with Crippen molar-refractivity contribution < 1.29 is 24.2 Å². The summed E-state index contributed by atoms with van der Waals surface area (Å²) in [5.41, 5.74) is -0.00103. The highest BCUT2D eigenvalue weighted by Crippen LogP contribution is 2.30. The van der Waals surface area contributed by atoms with E-state index in [1.807, 2.05) is 0 Å². The van der Waals surface area contributed by atoms with E-state index in [-0.39, 0.29) is 19.1 Å². The molecule has 122 valence electrons. The van der Waals surface area contributed by atoms with Crippen LogP contribution in [0, 0.1) is 0 Å². The van der Waals surface area contributed by atoms with Gasteiger partial charge in [0.2, 0.25) is 5.91 Å². The van der Waals surface area contributed by atoms with Gasteiger partial charge in [-0.15, -0.1) is 0 Å². The maximum absolute atomic E-state index is 12.3. The van der Waals surface area contributed by atoms with Gasteiger partial charge in [-0.2, -0.15) is 0 Å². The van der Waals surface area contributed by atoms with Gasteiger partial charge in [0.15, 0.2) is 5.54 Å². The number of carboxylic acid groups (broad SMARTS) is 1. The van der Waals surface area contributed by atoms with Crippen LogP contribution < -0.4 is 5.32 Å². The van der Waals surface area contributed by atoms with Crippen molar-refractivity contribution in [1.29, 1.82) is 0 Å². The molecule has 1 aliphatic heterocycles. The molecule has 2 rings (SSSR count). The van der Waals surface area contributed by atoms with Crippen LogP contribution in [-0.4, -0.2) is 53.6 Å². The van der Waals surface area contributed by atoms with Crippen LogP contribution in [0.4, 0.5) is 0 Å². The highest BCUT2D eigenvalue weighted by atomic mass is 16.5. The Morgan fingerprint density at radius 1 is 1.35 bits per heavy atom. The van der Waals surface area contributed by atoms with E-state index in [1.54, 1.807) is 24.3 Å². The topological polar surface area (TPSA) is 95.9 Å². The molecule has 0 fully saturated rings. The minimum absolute atomic E-state index is 0.191. The van der Waals surface area contributed by atoms with Crippen molar-refractivity contribution in [3.05, 3.63) is 42.0 Å². The maximum Gasteiger partial charge on any atom is 0.331 e. The molecule has 7 nitrogen and oxygen atoms in total. The Morgan fingerprint density at radius 2 is 1.96 bits per heavy atom. The molecule has 2 amide bonds. The molecule has 23 heavy (non-hydrogen) atoms. The summed E-state index contributed by atoms with van der Waals surface area (Å²) in [6.45, 7) is 4.67. The summed E-state index contributed by atoms with van der Waals surface area (Å²) < 4.78 is 4.84. The Hall–Kier alpha value is -2.67. The molecule has 0 spiro atoms. The van der Waals surface area contributed by atoms with Gasteiger partial charge >= 0.3 is 5.97 Å². The zero-order valence-electron chi connectivity index (χ0n) is 13.0. The third-order valence-electron chi connectivity index (χ3n) is 3.66. The Bertz CT molecular complexity index is 650. The number of nitrogens with one attached hydrogen (secondary N) is 1. The number of carboxylic acids is 1. The number of ether oxygens (including phenoxy) is 1. The number of carbonyl (C=O) groups is 3. The highest BCUT2D eigenvalue weighted by molar-refractivity contribution is 6.10. The lowest BCUT2D eigenvalue weighted by molar-refractivity contribution is -0.149. The predicted molar refractivity (Wildman–Crippen MR) is 82.6 cm³/mol. The van der Waals surface area contributed by atoms with Gasteiger partial charge in [-0.05, 0) is 13.0 Å². The third-order valence-corrected chi connectivity index (χ3v) is 3.66. The summed E-state index contributed by atoms with van der Waals surface area (Å²) in [4.78, 5) is 37.0. The van der Waals surface area contributed by atoms with Crippen LogP contribution in [0.5, 0.6) is 0 Å². The van der Waals surface area contributed by atoms with Crippen molar-refractivity contribution in [3.63, 3.8) is 0 Å². The van der Waals surface area contributed by atoms with Gasteiger partial charge in [0.25, 0.3) is 5.91 Å². The number of methoxy groups -OCH3 is 1. The van der Waals surface area contributed by atoms with E-state index in [2.05, 4.69) is 11.9 Å². The molecule has 1 aromatic rings. The first-order valence-corrected chi connectivity index (χ1v) is 6.93. The molecule has 1 atom stereocenters. The number of aliphatic carboxylic acids is 1. The van der Waals surface area contributed by atoms with Gasteiger partial charge < -0.3 is 15.2 Å². The fraction of sp³-hybridized carbons (Fsp3) is 0.312. The molecule has 0 saturated heterocycles. The van der Waals surface area contributed by atoms with Crippen molar-refractivity contribution in [2.24, 2.45) is 0 Å². The van der Waals surface area contributed by atoms with E-state index in [0.29, 0.717) is 16.8 Å². The van der Waals surface area contributed by atoms with Crippen molar-refractivity contribution in [2.45, 2.75) is 12.5 Å². The Morgan fingerprint density at radius 3 is 2.48 bits per heavy atom. The van der Waals surface area contributed by atoms with Crippen molar-refractivity contribution in [3.8, 4) is 0 Å². The maximum atomic E-state index is 12.3. The van der Waals surface area contributed by atoms with Gasteiger partial charge in [0.1, 0.15) is 6.54 Å². The molecule has 0 radical (unpaired) electrons. The average Bonchev–Trinajstić information content (AvgIpc) is 2.73. The summed E-state index contributed by atoms with van der Waals surface area (Å²) in [6.07, 6.45) is 0. The van der Waals surface area contributed by atoms with Crippen LogP contribution in [0.2, 0.25) is 0 Å². The Labute approximate surface area is 133 Å². The molecule has 1 unspecified atom stereocenters. The van der Waals surface area contributed by atoms with Crippen molar-refractivity contribution in [2.75, 3.05) is 20.3 Å². The largest absolute Gasteiger partial charge is 0.479 e. The van der Waals surface area contributed by atoms with Crippen LogP contribution in [0.1, 0.15) is 22.8 Å². The number of hydrogen-bond donors (Lipinski definition) is 2. The van der Waals surface area contributed by atoms with E-state index in [0.717, 1.165) is 0 Å². The number of carbonyl (C=O) groups excluding carboxylic acids is 2. The molecule has 1 aromatic carbocycles. The van der Waals surface area contributed by atoms with Crippen molar-refractivity contribution >= 4 is 23.5 Å². The number of fused-ring (bicyclic) bond motifs is 1. The highest BCUT2D eigenvalue weighted by Gasteiger charge is 2.37. The number of hydrogen-bond acceptors (Lipinski definition) is 4. The van der Waals surface area contributed by atoms with Gasteiger partial charge in [-0.3, -0.25) is 14.5 Å². The van der Waals surface area contributed by atoms with E-state index >= 15 is 0 Å². The van der Waals surface area contributed by atoms with Crippen LogP contribution in [0.15, 0.2) is 30.8 Å². The van der Waals surface area contributed by atoms with Crippen LogP contribution in [-0.2, 0) is 14.3 Å². The molecular formula is C16H18N2O5. The lowest BCUT2D eigenvalue weighted by Gasteiger charge is -2.26. The fourth-order valence-corrected chi connectivity index (χ4v) is 2.43. The molecule has 0 bridgehead atoms. The predicted octanol–water partition coefficient (Wildman–Crippen LogP) is 0.719. The van der Waals surface area contributed by atoms with Gasteiger partial charge in [-0.1, -0.05) is 24.8 Å². The molecule has 0 aliphatic carbocycles. The first kappa shape index (κ1) is 16.7. The number of rotatable bonds is 6. The van der Waals surface area contributed by atoms with Gasteiger partial charge in [0, 0.05) is 23.9 Å². The summed E-state index contributed by atoms with van der Waals surface area (Å²) in [5.74, 6) is -2.15. The third kappa shape index (κ3) is 3.09. The van der Waals surface area contributed by atoms with Crippen molar-refractivity contribution in [1.82, 2.24) is 10.2 Å². The summed E-state index contributed by atoms with van der Waals surface area (Å²) in [5, 5.41) is 11.6. The number of nitrogens with zero attached hydrogens (tertiary/aromatic N) is 1. The second-order valence-electron chi connectivity index (χ2n) is 5.50. The molecule has 0 aromatic heterocycles. The van der Waals surface area contributed by atoms with Crippen LogP contribution in [0.25, 0.3) is 5.70 Å². The first-order chi connectivity index (χ1) is 10.8. The second kappa shape index (κ2) is 6.21. The first-order valence-electron chi connectivity index (χ1n) is 6.93. The normalized spacial score (nSPS) is 16.0.